The third-order valence-corrected chi connectivity index (χ3v) is 4.89. The number of hydrogen-bond acceptors (Lipinski definition) is 2. The SMILES string of the molecule is Cn1c(=O)cnc2ccc(-c3ccc[n+](C)c3-c3cc(Cl)ccc3F)cc21. The van der Waals surface area contributed by atoms with Crippen molar-refractivity contribution in [2.45, 2.75) is 0 Å². The monoisotopic (exact) mass is 380 g/mol. The van der Waals surface area contributed by atoms with Crippen molar-refractivity contribution in [2.24, 2.45) is 14.1 Å². The summed E-state index contributed by atoms with van der Waals surface area (Å²) in [7, 11) is 3.57. The van der Waals surface area contributed by atoms with Gasteiger partial charge in [0.25, 0.3) is 5.56 Å². The Morgan fingerprint density at radius 2 is 1.93 bits per heavy atom. The summed E-state index contributed by atoms with van der Waals surface area (Å²) in [6.45, 7) is 0. The highest BCUT2D eigenvalue weighted by Crippen LogP contribution is 2.33. The lowest BCUT2D eigenvalue weighted by molar-refractivity contribution is -0.660. The van der Waals surface area contributed by atoms with E-state index in [2.05, 4.69) is 4.98 Å². The molecule has 2 aromatic heterocycles. The molecule has 134 valence electrons. The molecule has 0 spiro atoms. The minimum absolute atomic E-state index is 0.181. The molecule has 27 heavy (non-hydrogen) atoms. The zero-order valence-electron chi connectivity index (χ0n) is 14.8. The summed E-state index contributed by atoms with van der Waals surface area (Å²) < 4.78 is 18.0. The number of nitrogens with zero attached hydrogens (tertiary/aromatic N) is 3. The van der Waals surface area contributed by atoms with Crippen molar-refractivity contribution in [3.05, 3.63) is 82.1 Å². The molecular weight excluding hydrogens is 365 g/mol. The normalized spacial score (nSPS) is 11.1. The first-order valence-corrected chi connectivity index (χ1v) is 8.74. The van der Waals surface area contributed by atoms with Crippen molar-refractivity contribution in [2.75, 3.05) is 0 Å². The quantitative estimate of drug-likeness (QED) is 0.495. The molecule has 0 N–H and O–H groups in total. The Kier molecular flexibility index (Phi) is 4.24. The van der Waals surface area contributed by atoms with Gasteiger partial charge in [-0.2, -0.15) is 0 Å². The number of rotatable bonds is 2. The fourth-order valence-electron chi connectivity index (χ4n) is 3.26. The second-order valence-corrected chi connectivity index (χ2v) is 6.80. The number of pyridine rings is 1. The fourth-order valence-corrected chi connectivity index (χ4v) is 3.43. The molecule has 4 rings (SSSR count). The molecule has 2 heterocycles. The van der Waals surface area contributed by atoms with Gasteiger partial charge in [0.2, 0.25) is 5.69 Å². The number of fused-ring (bicyclic) bond motifs is 1. The summed E-state index contributed by atoms with van der Waals surface area (Å²) in [6.07, 6.45) is 3.16. The van der Waals surface area contributed by atoms with Crippen LogP contribution in [0.2, 0.25) is 5.02 Å². The van der Waals surface area contributed by atoms with Crippen LogP contribution in [0.4, 0.5) is 4.39 Å². The van der Waals surface area contributed by atoms with Gasteiger partial charge in [0.15, 0.2) is 6.20 Å². The van der Waals surface area contributed by atoms with Gasteiger partial charge in [-0.15, -0.1) is 0 Å². The first-order chi connectivity index (χ1) is 13.0. The summed E-state index contributed by atoms with van der Waals surface area (Å²) >= 11 is 6.11. The maximum absolute atomic E-state index is 14.6. The average Bonchev–Trinajstić information content (AvgIpc) is 2.66. The van der Waals surface area contributed by atoms with Crippen LogP contribution in [0.3, 0.4) is 0 Å². The van der Waals surface area contributed by atoms with Crippen molar-refractivity contribution in [3.8, 4) is 22.4 Å². The summed E-state index contributed by atoms with van der Waals surface area (Å²) in [5, 5.41) is 0.464. The van der Waals surface area contributed by atoms with Crippen LogP contribution >= 0.6 is 11.6 Å². The zero-order valence-corrected chi connectivity index (χ0v) is 15.5. The zero-order chi connectivity index (χ0) is 19.1. The Morgan fingerprint density at radius 1 is 1.11 bits per heavy atom. The third-order valence-electron chi connectivity index (χ3n) is 4.66. The second-order valence-electron chi connectivity index (χ2n) is 6.36. The average molecular weight is 381 g/mol. The first kappa shape index (κ1) is 17.4. The number of aromatic nitrogens is 3. The summed E-state index contributed by atoms with van der Waals surface area (Å²) in [5.74, 6) is -0.350. The second kappa shape index (κ2) is 6.59. The molecule has 0 saturated heterocycles. The first-order valence-electron chi connectivity index (χ1n) is 8.36. The van der Waals surface area contributed by atoms with Crippen LogP contribution in [-0.2, 0) is 14.1 Å². The lowest BCUT2D eigenvalue weighted by Crippen LogP contribution is -2.31. The molecule has 0 aliphatic rings. The van der Waals surface area contributed by atoms with Gasteiger partial charge in [-0.25, -0.2) is 13.9 Å². The Hall–Kier alpha value is -3.05. The molecule has 0 bridgehead atoms. The van der Waals surface area contributed by atoms with Gasteiger partial charge in [0.1, 0.15) is 12.9 Å². The van der Waals surface area contributed by atoms with E-state index in [-0.39, 0.29) is 11.4 Å². The summed E-state index contributed by atoms with van der Waals surface area (Å²) in [4.78, 5) is 16.1. The van der Waals surface area contributed by atoms with Gasteiger partial charge in [-0.3, -0.25) is 4.79 Å². The highest BCUT2D eigenvalue weighted by Gasteiger charge is 2.21. The van der Waals surface area contributed by atoms with Crippen LogP contribution < -0.4 is 10.1 Å². The predicted octanol–water partition coefficient (Wildman–Crippen LogP) is 3.88. The van der Waals surface area contributed by atoms with Crippen LogP contribution in [0, 0.1) is 5.82 Å². The largest absolute Gasteiger partial charge is 0.309 e. The molecule has 0 radical (unpaired) electrons. The molecule has 2 aromatic carbocycles. The van der Waals surface area contributed by atoms with Crippen LogP contribution in [0.15, 0.2) is 65.7 Å². The van der Waals surface area contributed by atoms with Gasteiger partial charge >= 0.3 is 0 Å². The van der Waals surface area contributed by atoms with E-state index in [1.165, 1.54) is 18.3 Å². The number of aryl methyl sites for hydroxylation is 2. The van der Waals surface area contributed by atoms with Gasteiger partial charge in [-0.1, -0.05) is 17.7 Å². The molecule has 6 heteroatoms. The van der Waals surface area contributed by atoms with Crippen LogP contribution in [0.5, 0.6) is 0 Å². The molecule has 0 atom stereocenters. The fraction of sp³-hybridized carbons (Fsp3) is 0.0952. The van der Waals surface area contributed by atoms with E-state index < -0.39 is 0 Å². The minimum atomic E-state index is -0.350. The van der Waals surface area contributed by atoms with E-state index in [0.717, 1.165) is 16.6 Å². The van der Waals surface area contributed by atoms with Crippen molar-refractivity contribution in [3.63, 3.8) is 0 Å². The molecule has 0 aliphatic heterocycles. The van der Waals surface area contributed by atoms with E-state index in [1.54, 1.807) is 17.7 Å². The third kappa shape index (κ3) is 3.00. The Balaban J connectivity index is 2.02. The molecule has 0 fully saturated rings. The molecule has 4 nitrogen and oxygen atoms in total. The number of halogens is 2. The number of hydrogen-bond donors (Lipinski definition) is 0. The number of benzene rings is 2. The molecule has 4 aromatic rings. The smallest absolute Gasteiger partial charge is 0.269 e. The maximum atomic E-state index is 14.6. The highest BCUT2D eigenvalue weighted by molar-refractivity contribution is 6.30. The Bertz CT molecular complexity index is 1250. The maximum Gasteiger partial charge on any atom is 0.269 e. The van der Waals surface area contributed by atoms with Crippen LogP contribution in [0.1, 0.15) is 0 Å². The van der Waals surface area contributed by atoms with Gasteiger partial charge < -0.3 is 4.57 Å². The standard InChI is InChI=1S/C21H16ClFN3O/c1-25-9-3-4-15(21(25)16-11-14(22)6-7-17(16)23)13-5-8-18-19(10-13)26(2)20(27)12-24-18/h3-12H,1-2H3/q+1. The van der Waals surface area contributed by atoms with Crippen molar-refractivity contribution in [1.29, 1.82) is 0 Å². The lowest BCUT2D eigenvalue weighted by atomic mass is 9.98. The van der Waals surface area contributed by atoms with Gasteiger partial charge in [0.05, 0.1) is 28.4 Å². The Morgan fingerprint density at radius 3 is 2.74 bits per heavy atom. The lowest BCUT2D eigenvalue weighted by Gasteiger charge is -2.11. The molecular formula is C21H16ClFN3O+. The summed E-state index contributed by atoms with van der Waals surface area (Å²) in [5.41, 5.74) is 4.06. The van der Waals surface area contributed by atoms with Crippen molar-refractivity contribution in [1.82, 2.24) is 9.55 Å². The topological polar surface area (TPSA) is 38.8 Å². The minimum Gasteiger partial charge on any atom is -0.309 e. The van der Waals surface area contributed by atoms with Crippen molar-refractivity contribution >= 4 is 22.6 Å². The van der Waals surface area contributed by atoms with E-state index in [1.807, 2.05) is 48.1 Å². The van der Waals surface area contributed by atoms with Crippen molar-refractivity contribution < 1.29 is 8.96 Å². The molecule has 0 unspecified atom stereocenters. The predicted molar refractivity (Wildman–Crippen MR) is 104 cm³/mol. The highest BCUT2D eigenvalue weighted by atomic mass is 35.5. The van der Waals surface area contributed by atoms with Gasteiger partial charge in [0, 0.05) is 18.1 Å². The molecule has 0 aliphatic carbocycles. The molecule has 0 saturated carbocycles. The van der Waals surface area contributed by atoms with Crippen LogP contribution in [0.25, 0.3) is 33.4 Å². The van der Waals surface area contributed by atoms with Crippen LogP contribution in [-0.4, -0.2) is 9.55 Å². The van der Waals surface area contributed by atoms with E-state index >= 15 is 0 Å². The van der Waals surface area contributed by atoms with E-state index in [4.69, 9.17) is 11.6 Å². The summed E-state index contributed by atoms with van der Waals surface area (Å²) in [6, 6.07) is 14.0. The Labute approximate surface area is 160 Å². The molecule has 0 amide bonds. The van der Waals surface area contributed by atoms with E-state index in [0.29, 0.717) is 21.8 Å². The van der Waals surface area contributed by atoms with Gasteiger partial charge in [-0.05, 0) is 42.0 Å². The van der Waals surface area contributed by atoms with E-state index in [9.17, 15) is 9.18 Å².